The first-order valence-corrected chi connectivity index (χ1v) is 7.58. The van der Waals surface area contributed by atoms with E-state index in [-0.39, 0.29) is 12.1 Å². The second-order valence-corrected chi connectivity index (χ2v) is 6.17. The van der Waals surface area contributed by atoms with Crippen LogP contribution < -0.4 is 5.32 Å². The van der Waals surface area contributed by atoms with Gasteiger partial charge in [-0.1, -0.05) is 35.2 Å². The lowest BCUT2D eigenvalue weighted by Gasteiger charge is -2.23. The quantitative estimate of drug-likeness (QED) is 0.803. The number of hydrogen-bond acceptors (Lipinski definition) is 2. The molecule has 1 fully saturated rings. The number of benzene rings is 1. The highest BCUT2D eigenvalue weighted by Gasteiger charge is 2.21. The third kappa shape index (κ3) is 3.27. The fraction of sp³-hybridized carbons (Fsp3) is 0.600. The van der Waals surface area contributed by atoms with E-state index in [2.05, 4.69) is 47.2 Å². The zero-order valence-corrected chi connectivity index (χ0v) is 12.8. The molecule has 0 spiro atoms. The molecule has 0 heterocycles. The van der Waals surface area contributed by atoms with Gasteiger partial charge in [0.1, 0.15) is 0 Å². The summed E-state index contributed by atoms with van der Waals surface area (Å²) in [5.74, 6) is 0. The fourth-order valence-corrected chi connectivity index (χ4v) is 2.93. The Bertz CT molecular complexity index is 396. The van der Waals surface area contributed by atoms with E-state index in [4.69, 9.17) is 0 Å². The molecular formula is C15H22BrNO. The highest BCUT2D eigenvalue weighted by molar-refractivity contribution is 9.10. The second-order valence-electron chi connectivity index (χ2n) is 5.38. The van der Waals surface area contributed by atoms with Gasteiger partial charge in [0.05, 0.1) is 12.1 Å². The third-order valence-electron chi connectivity index (χ3n) is 3.77. The van der Waals surface area contributed by atoms with Gasteiger partial charge in [-0.05, 0) is 49.9 Å². The molecule has 1 aliphatic rings. The Morgan fingerprint density at radius 3 is 2.39 bits per heavy atom. The number of aliphatic hydroxyl groups is 1. The molecule has 0 saturated heterocycles. The summed E-state index contributed by atoms with van der Waals surface area (Å²) in [5.41, 5.74) is 3.60. The summed E-state index contributed by atoms with van der Waals surface area (Å²) >= 11 is 3.59. The van der Waals surface area contributed by atoms with Crippen molar-refractivity contribution in [2.75, 3.05) is 5.32 Å². The zero-order valence-electron chi connectivity index (χ0n) is 11.2. The van der Waals surface area contributed by atoms with Crippen molar-refractivity contribution in [3.8, 4) is 0 Å². The molecule has 0 aromatic heterocycles. The Morgan fingerprint density at radius 2 is 1.72 bits per heavy atom. The molecule has 1 aromatic carbocycles. The van der Waals surface area contributed by atoms with Gasteiger partial charge in [0, 0.05) is 10.2 Å². The zero-order chi connectivity index (χ0) is 13.1. The standard InChI is InChI=1S/C15H22BrNO/c1-10-8-12(9-11(2)15(10)16)17-13-6-4-3-5-7-14(13)18/h8-9,13-14,17-18H,3-7H2,1-2H3. The Morgan fingerprint density at radius 1 is 1.11 bits per heavy atom. The number of nitrogens with one attached hydrogen (secondary N) is 1. The molecule has 0 aliphatic heterocycles. The molecule has 2 nitrogen and oxygen atoms in total. The molecule has 0 amide bonds. The van der Waals surface area contributed by atoms with E-state index in [1.807, 2.05) is 0 Å². The van der Waals surface area contributed by atoms with Crippen molar-refractivity contribution in [2.45, 2.75) is 58.1 Å². The van der Waals surface area contributed by atoms with Crippen LogP contribution in [0.1, 0.15) is 43.2 Å². The molecule has 100 valence electrons. The van der Waals surface area contributed by atoms with Crippen molar-refractivity contribution >= 4 is 21.6 Å². The molecule has 2 N–H and O–H groups in total. The smallest absolute Gasteiger partial charge is 0.0741 e. The van der Waals surface area contributed by atoms with Gasteiger partial charge in [0.25, 0.3) is 0 Å². The van der Waals surface area contributed by atoms with E-state index in [0.29, 0.717) is 0 Å². The highest BCUT2D eigenvalue weighted by Crippen LogP contribution is 2.27. The maximum Gasteiger partial charge on any atom is 0.0741 e. The van der Waals surface area contributed by atoms with Crippen LogP contribution in [0.5, 0.6) is 0 Å². The monoisotopic (exact) mass is 311 g/mol. The number of hydrogen-bond donors (Lipinski definition) is 2. The second kappa shape index (κ2) is 6.07. The van der Waals surface area contributed by atoms with Crippen LogP contribution in [0.25, 0.3) is 0 Å². The Labute approximate surface area is 118 Å². The molecule has 18 heavy (non-hydrogen) atoms. The van der Waals surface area contributed by atoms with Gasteiger partial charge in [-0.25, -0.2) is 0 Å². The van der Waals surface area contributed by atoms with Crippen LogP contribution in [-0.2, 0) is 0 Å². The van der Waals surface area contributed by atoms with Crippen molar-refractivity contribution in [1.82, 2.24) is 0 Å². The van der Waals surface area contributed by atoms with Crippen LogP contribution in [0.15, 0.2) is 16.6 Å². The SMILES string of the molecule is Cc1cc(NC2CCCCCC2O)cc(C)c1Br. The topological polar surface area (TPSA) is 32.3 Å². The van der Waals surface area contributed by atoms with Crippen LogP contribution >= 0.6 is 15.9 Å². The number of anilines is 1. The van der Waals surface area contributed by atoms with Crippen LogP contribution in [-0.4, -0.2) is 17.3 Å². The van der Waals surface area contributed by atoms with Crippen LogP contribution in [0.3, 0.4) is 0 Å². The average Bonchev–Trinajstić information content (AvgIpc) is 2.52. The molecule has 2 rings (SSSR count). The molecule has 3 heteroatoms. The van der Waals surface area contributed by atoms with Crippen molar-refractivity contribution in [3.05, 3.63) is 27.7 Å². The van der Waals surface area contributed by atoms with E-state index in [1.54, 1.807) is 0 Å². The fourth-order valence-electron chi connectivity index (χ4n) is 2.70. The number of rotatable bonds is 2. The molecule has 2 unspecified atom stereocenters. The number of aliphatic hydroxyl groups excluding tert-OH is 1. The average molecular weight is 312 g/mol. The summed E-state index contributed by atoms with van der Waals surface area (Å²) in [6, 6.07) is 4.50. The van der Waals surface area contributed by atoms with Crippen LogP contribution in [0.2, 0.25) is 0 Å². The lowest BCUT2D eigenvalue weighted by molar-refractivity contribution is 0.144. The molecule has 1 aromatic rings. The van der Waals surface area contributed by atoms with Gasteiger partial charge in [-0.3, -0.25) is 0 Å². The molecule has 0 bridgehead atoms. The van der Waals surface area contributed by atoms with Crippen molar-refractivity contribution in [2.24, 2.45) is 0 Å². The molecule has 1 aliphatic carbocycles. The predicted octanol–water partition coefficient (Wildman–Crippen LogP) is 4.17. The van der Waals surface area contributed by atoms with Crippen LogP contribution in [0, 0.1) is 13.8 Å². The van der Waals surface area contributed by atoms with Crippen LogP contribution in [0.4, 0.5) is 5.69 Å². The minimum atomic E-state index is -0.211. The summed E-state index contributed by atoms with van der Waals surface area (Å²) < 4.78 is 1.18. The first-order chi connectivity index (χ1) is 8.58. The molecule has 1 saturated carbocycles. The Kier molecular flexibility index (Phi) is 4.68. The Balaban J connectivity index is 2.12. The van der Waals surface area contributed by atoms with E-state index in [1.165, 1.54) is 28.4 Å². The minimum Gasteiger partial charge on any atom is -0.391 e. The van der Waals surface area contributed by atoms with Crippen molar-refractivity contribution < 1.29 is 5.11 Å². The van der Waals surface area contributed by atoms with Crippen molar-refractivity contribution in [3.63, 3.8) is 0 Å². The third-order valence-corrected chi connectivity index (χ3v) is 5.02. The summed E-state index contributed by atoms with van der Waals surface area (Å²) in [7, 11) is 0. The first-order valence-electron chi connectivity index (χ1n) is 6.79. The lowest BCUT2D eigenvalue weighted by atomic mass is 10.0. The van der Waals surface area contributed by atoms with Gasteiger partial charge >= 0.3 is 0 Å². The van der Waals surface area contributed by atoms with E-state index in [9.17, 15) is 5.11 Å². The van der Waals surface area contributed by atoms with Gasteiger partial charge < -0.3 is 10.4 Å². The summed E-state index contributed by atoms with van der Waals surface area (Å²) in [5, 5.41) is 13.6. The molecule has 2 atom stereocenters. The van der Waals surface area contributed by atoms with Gasteiger partial charge in [-0.2, -0.15) is 0 Å². The van der Waals surface area contributed by atoms with Gasteiger partial charge in [0.15, 0.2) is 0 Å². The molecular weight excluding hydrogens is 290 g/mol. The van der Waals surface area contributed by atoms with Gasteiger partial charge in [0.2, 0.25) is 0 Å². The normalized spacial score (nSPS) is 24.7. The van der Waals surface area contributed by atoms with Gasteiger partial charge in [-0.15, -0.1) is 0 Å². The number of aryl methyl sites for hydroxylation is 2. The maximum absolute atomic E-state index is 10.1. The van der Waals surface area contributed by atoms with E-state index < -0.39 is 0 Å². The minimum absolute atomic E-state index is 0.201. The Hall–Kier alpha value is -0.540. The predicted molar refractivity (Wildman–Crippen MR) is 80.1 cm³/mol. The summed E-state index contributed by atoms with van der Waals surface area (Å²) in [6.45, 7) is 4.21. The summed E-state index contributed by atoms with van der Waals surface area (Å²) in [6.07, 6.45) is 5.38. The number of halogens is 1. The maximum atomic E-state index is 10.1. The summed E-state index contributed by atoms with van der Waals surface area (Å²) in [4.78, 5) is 0. The molecule has 0 radical (unpaired) electrons. The lowest BCUT2D eigenvalue weighted by Crippen LogP contribution is -2.32. The first kappa shape index (κ1) is 13.9. The highest BCUT2D eigenvalue weighted by atomic mass is 79.9. The van der Waals surface area contributed by atoms with E-state index >= 15 is 0 Å². The van der Waals surface area contributed by atoms with E-state index in [0.717, 1.165) is 24.9 Å². The largest absolute Gasteiger partial charge is 0.391 e. The van der Waals surface area contributed by atoms with Crippen molar-refractivity contribution in [1.29, 1.82) is 0 Å².